The maximum Gasteiger partial charge on any atom is 0.255 e. The highest BCUT2D eigenvalue weighted by Gasteiger charge is 2.18. The number of carbonyl (C=O) groups excluding carboxylic acids is 1. The molecule has 31 heavy (non-hydrogen) atoms. The number of H-pyrrole nitrogens is 1. The van der Waals surface area contributed by atoms with Gasteiger partial charge >= 0.3 is 0 Å². The largest absolute Gasteiger partial charge is 0.463 e. The van der Waals surface area contributed by atoms with E-state index >= 15 is 0 Å². The first-order valence-electron chi connectivity index (χ1n) is 10.0. The SMILES string of the molecule is CCc1c(C)nc(-n2nc(-c3ccco3)cc2NC(=O)Cc2cccc(C)c2)[nH]c1=O. The van der Waals surface area contributed by atoms with E-state index < -0.39 is 0 Å². The summed E-state index contributed by atoms with van der Waals surface area (Å²) in [5.41, 5.74) is 3.52. The zero-order chi connectivity index (χ0) is 22.0. The molecule has 4 aromatic rings. The van der Waals surface area contributed by atoms with Crippen LogP contribution in [0.15, 0.2) is 57.9 Å². The standard InChI is InChI=1S/C23H23N5O3/c1-4-17-15(3)24-23(26-22(17)30)28-20(13-18(27-28)19-9-6-10-31-19)25-21(29)12-16-8-5-7-14(2)11-16/h5-11,13H,4,12H2,1-3H3,(H,25,29)(H,24,26,30). The lowest BCUT2D eigenvalue weighted by molar-refractivity contribution is -0.115. The topological polar surface area (TPSA) is 106 Å². The second-order valence-corrected chi connectivity index (χ2v) is 7.32. The van der Waals surface area contributed by atoms with Gasteiger partial charge in [-0.15, -0.1) is 0 Å². The molecule has 0 spiro atoms. The predicted molar refractivity (Wildman–Crippen MR) is 117 cm³/mol. The summed E-state index contributed by atoms with van der Waals surface area (Å²) < 4.78 is 6.86. The Morgan fingerprint density at radius 3 is 2.71 bits per heavy atom. The molecule has 0 unspecified atom stereocenters. The number of aromatic amines is 1. The van der Waals surface area contributed by atoms with Crippen LogP contribution in [0.1, 0.15) is 29.3 Å². The van der Waals surface area contributed by atoms with E-state index in [2.05, 4.69) is 20.4 Å². The van der Waals surface area contributed by atoms with Gasteiger partial charge in [-0.25, -0.2) is 4.98 Å². The van der Waals surface area contributed by atoms with Gasteiger partial charge < -0.3 is 9.73 Å². The first-order chi connectivity index (χ1) is 14.9. The summed E-state index contributed by atoms with van der Waals surface area (Å²) in [5.74, 6) is 0.943. The van der Waals surface area contributed by atoms with Crippen molar-refractivity contribution in [2.75, 3.05) is 5.32 Å². The molecule has 0 aliphatic heterocycles. The molecule has 0 atom stereocenters. The Morgan fingerprint density at radius 2 is 2.03 bits per heavy atom. The predicted octanol–water partition coefficient (Wildman–Crippen LogP) is 3.58. The van der Waals surface area contributed by atoms with Gasteiger partial charge in [-0.3, -0.25) is 14.6 Å². The molecule has 8 nitrogen and oxygen atoms in total. The number of hydrogen-bond donors (Lipinski definition) is 2. The summed E-state index contributed by atoms with van der Waals surface area (Å²) in [4.78, 5) is 32.5. The van der Waals surface area contributed by atoms with Crippen LogP contribution in [0.25, 0.3) is 17.4 Å². The van der Waals surface area contributed by atoms with Crippen LogP contribution < -0.4 is 10.9 Å². The highest BCUT2D eigenvalue weighted by molar-refractivity contribution is 5.92. The molecule has 0 saturated carbocycles. The van der Waals surface area contributed by atoms with Gasteiger partial charge in [-0.2, -0.15) is 9.78 Å². The van der Waals surface area contributed by atoms with Crippen molar-refractivity contribution in [3.63, 3.8) is 0 Å². The monoisotopic (exact) mass is 417 g/mol. The van der Waals surface area contributed by atoms with Crippen LogP contribution in [0.4, 0.5) is 5.82 Å². The molecule has 0 aliphatic carbocycles. The molecule has 4 rings (SSSR count). The third kappa shape index (κ3) is 4.32. The van der Waals surface area contributed by atoms with Crippen molar-refractivity contribution >= 4 is 11.7 Å². The summed E-state index contributed by atoms with van der Waals surface area (Å²) in [6.45, 7) is 5.67. The van der Waals surface area contributed by atoms with E-state index in [-0.39, 0.29) is 23.8 Å². The summed E-state index contributed by atoms with van der Waals surface area (Å²) in [6, 6.07) is 13.0. The first kappa shape index (κ1) is 20.3. The Balaban J connectivity index is 1.71. The number of rotatable bonds is 6. The summed E-state index contributed by atoms with van der Waals surface area (Å²) in [6.07, 6.45) is 2.33. The van der Waals surface area contributed by atoms with E-state index in [1.807, 2.05) is 38.1 Å². The number of nitrogens with zero attached hydrogens (tertiary/aromatic N) is 3. The van der Waals surface area contributed by atoms with Crippen LogP contribution in [0, 0.1) is 13.8 Å². The van der Waals surface area contributed by atoms with E-state index in [1.165, 1.54) is 4.68 Å². The fourth-order valence-electron chi connectivity index (χ4n) is 3.48. The number of anilines is 1. The van der Waals surface area contributed by atoms with Crippen LogP contribution in [0.2, 0.25) is 0 Å². The lowest BCUT2D eigenvalue weighted by Crippen LogP contribution is -2.22. The average Bonchev–Trinajstić information content (AvgIpc) is 3.37. The van der Waals surface area contributed by atoms with Gasteiger partial charge in [0.25, 0.3) is 5.56 Å². The minimum atomic E-state index is -0.225. The third-order valence-electron chi connectivity index (χ3n) is 4.96. The van der Waals surface area contributed by atoms with Crippen molar-refractivity contribution in [2.24, 2.45) is 0 Å². The Morgan fingerprint density at radius 1 is 1.19 bits per heavy atom. The number of hydrogen-bond acceptors (Lipinski definition) is 5. The second kappa shape index (κ2) is 8.43. The van der Waals surface area contributed by atoms with Crippen LogP contribution >= 0.6 is 0 Å². The number of amides is 1. The Kier molecular flexibility index (Phi) is 5.53. The number of aryl methyl sites for hydroxylation is 2. The molecule has 1 amide bonds. The molecule has 3 heterocycles. The van der Waals surface area contributed by atoms with Crippen molar-refractivity contribution < 1.29 is 9.21 Å². The van der Waals surface area contributed by atoms with Crippen LogP contribution in [0.3, 0.4) is 0 Å². The highest BCUT2D eigenvalue weighted by atomic mass is 16.3. The van der Waals surface area contributed by atoms with E-state index in [1.54, 1.807) is 31.4 Å². The van der Waals surface area contributed by atoms with E-state index in [4.69, 9.17) is 4.42 Å². The highest BCUT2D eigenvalue weighted by Crippen LogP contribution is 2.24. The Hall–Kier alpha value is -3.94. The van der Waals surface area contributed by atoms with Gasteiger partial charge in [0.15, 0.2) is 5.76 Å². The number of carbonyl (C=O) groups is 1. The number of benzene rings is 1. The molecule has 8 heteroatoms. The summed E-state index contributed by atoms with van der Waals surface area (Å²) >= 11 is 0. The smallest absolute Gasteiger partial charge is 0.255 e. The van der Waals surface area contributed by atoms with E-state index in [0.717, 1.165) is 11.1 Å². The minimum Gasteiger partial charge on any atom is -0.463 e. The molecule has 2 N–H and O–H groups in total. The normalized spacial score (nSPS) is 10.9. The van der Waals surface area contributed by atoms with Crippen molar-refractivity contribution in [1.82, 2.24) is 19.7 Å². The molecule has 0 saturated heterocycles. The maximum atomic E-state index is 12.7. The minimum absolute atomic E-state index is 0.206. The summed E-state index contributed by atoms with van der Waals surface area (Å²) in [7, 11) is 0. The number of aromatic nitrogens is 4. The molecule has 1 aromatic carbocycles. The molecule has 0 aliphatic rings. The Labute approximate surface area is 179 Å². The lowest BCUT2D eigenvalue weighted by Gasteiger charge is -2.10. The van der Waals surface area contributed by atoms with Crippen molar-refractivity contribution in [3.05, 3.63) is 81.5 Å². The zero-order valence-corrected chi connectivity index (χ0v) is 17.6. The van der Waals surface area contributed by atoms with Crippen molar-refractivity contribution in [2.45, 2.75) is 33.6 Å². The first-order valence-corrected chi connectivity index (χ1v) is 10.0. The van der Waals surface area contributed by atoms with Crippen LogP contribution in [-0.2, 0) is 17.6 Å². The second-order valence-electron chi connectivity index (χ2n) is 7.32. The lowest BCUT2D eigenvalue weighted by atomic mass is 10.1. The van der Waals surface area contributed by atoms with Crippen LogP contribution in [-0.4, -0.2) is 25.7 Å². The summed E-state index contributed by atoms with van der Waals surface area (Å²) in [5, 5.41) is 7.40. The molecule has 158 valence electrons. The number of nitrogens with one attached hydrogen (secondary N) is 2. The zero-order valence-electron chi connectivity index (χ0n) is 17.6. The van der Waals surface area contributed by atoms with E-state index in [9.17, 15) is 9.59 Å². The maximum absolute atomic E-state index is 12.7. The molecule has 0 fully saturated rings. The molecule has 3 aromatic heterocycles. The quantitative estimate of drug-likeness (QED) is 0.499. The Bertz CT molecular complexity index is 1290. The average molecular weight is 417 g/mol. The van der Waals surface area contributed by atoms with Crippen molar-refractivity contribution in [3.8, 4) is 17.4 Å². The van der Waals surface area contributed by atoms with Gasteiger partial charge in [0.05, 0.1) is 12.7 Å². The van der Waals surface area contributed by atoms with Gasteiger partial charge in [0.2, 0.25) is 11.9 Å². The van der Waals surface area contributed by atoms with Gasteiger partial charge in [0, 0.05) is 17.3 Å². The number of furan rings is 1. The molecule has 0 radical (unpaired) electrons. The van der Waals surface area contributed by atoms with Gasteiger partial charge in [0.1, 0.15) is 11.5 Å². The van der Waals surface area contributed by atoms with Crippen LogP contribution in [0.5, 0.6) is 0 Å². The molecular weight excluding hydrogens is 394 g/mol. The van der Waals surface area contributed by atoms with E-state index in [0.29, 0.717) is 35.0 Å². The third-order valence-corrected chi connectivity index (χ3v) is 4.96. The molecular formula is C23H23N5O3. The van der Waals surface area contributed by atoms with Gasteiger partial charge in [-0.05, 0) is 38.0 Å². The molecule has 0 bridgehead atoms. The van der Waals surface area contributed by atoms with Crippen molar-refractivity contribution in [1.29, 1.82) is 0 Å². The fourth-order valence-corrected chi connectivity index (χ4v) is 3.48. The van der Waals surface area contributed by atoms with Gasteiger partial charge in [-0.1, -0.05) is 36.8 Å². The fraction of sp³-hybridized carbons (Fsp3) is 0.217.